The number of hydrogen-bond acceptors (Lipinski definition) is 3. The summed E-state index contributed by atoms with van der Waals surface area (Å²) in [5.74, 6) is 0.993. The molecule has 0 amide bonds. The minimum atomic E-state index is 0.352. The third-order valence-corrected chi connectivity index (χ3v) is 4.41. The Labute approximate surface area is 126 Å². The molecule has 0 unspecified atom stereocenters. The fraction of sp³-hybridized carbons (Fsp3) is 0.389. The van der Waals surface area contributed by atoms with Gasteiger partial charge in [0.05, 0.1) is 0 Å². The van der Waals surface area contributed by atoms with Gasteiger partial charge in [0.15, 0.2) is 0 Å². The molecule has 110 valence electrons. The Kier molecular flexibility index (Phi) is 4.51. The van der Waals surface area contributed by atoms with E-state index in [1.807, 2.05) is 18.5 Å². The lowest BCUT2D eigenvalue weighted by Crippen LogP contribution is -2.32. The predicted octanol–water partition coefficient (Wildman–Crippen LogP) is 3.60. The van der Waals surface area contributed by atoms with Crippen LogP contribution in [-0.4, -0.2) is 16.1 Å². The number of aromatic nitrogens is 1. The van der Waals surface area contributed by atoms with Gasteiger partial charge in [-0.2, -0.15) is 0 Å². The summed E-state index contributed by atoms with van der Waals surface area (Å²) < 4.78 is 0. The van der Waals surface area contributed by atoms with Gasteiger partial charge in [0.1, 0.15) is 5.75 Å². The van der Waals surface area contributed by atoms with Gasteiger partial charge in [0.25, 0.3) is 0 Å². The largest absolute Gasteiger partial charge is 0.508 e. The van der Waals surface area contributed by atoms with Crippen molar-refractivity contribution in [3.63, 3.8) is 0 Å². The van der Waals surface area contributed by atoms with E-state index in [2.05, 4.69) is 28.5 Å². The molecule has 1 fully saturated rings. The Morgan fingerprint density at radius 3 is 2.48 bits per heavy atom. The molecule has 3 rings (SSSR count). The Bertz CT molecular complexity index is 545. The summed E-state index contributed by atoms with van der Waals surface area (Å²) in [4.78, 5) is 4.15. The monoisotopic (exact) mass is 282 g/mol. The number of phenols is 1. The maximum atomic E-state index is 9.36. The van der Waals surface area contributed by atoms with E-state index in [4.69, 9.17) is 0 Å². The zero-order chi connectivity index (χ0) is 14.5. The van der Waals surface area contributed by atoms with E-state index in [1.165, 1.54) is 36.8 Å². The van der Waals surface area contributed by atoms with Gasteiger partial charge >= 0.3 is 0 Å². The molecule has 0 atom stereocenters. The molecule has 1 aliphatic rings. The van der Waals surface area contributed by atoms with Gasteiger partial charge in [0, 0.05) is 25.0 Å². The quantitative estimate of drug-likeness (QED) is 0.900. The molecule has 0 saturated heterocycles. The first-order valence-electron chi connectivity index (χ1n) is 7.72. The van der Waals surface area contributed by atoms with E-state index in [0.717, 1.165) is 6.54 Å². The molecule has 1 heterocycles. The van der Waals surface area contributed by atoms with Crippen molar-refractivity contribution in [3.05, 3.63) is 59.9 Å². The van der Waals surface area contributed by atoms with Gasteiger partial charge in [-0.15, -0.1) is 0 Å². The highest BCUT2D eigenvalue weighted by Gasteiger charge is 2.21. The van der Waals surface area contributed by atoms with Crippen molar-refractivity contribution in [2.24, 2.45) is 0 Å². The second kappa shape index (κ2) is 6.72. The fourth-order valence-electron chi connectivity index (χ4n) is 3.14. The molecular formula is C18H22N2O. The normalized spacial score (nSPS) is 22.1. The Morgan fingerprint density at radius 2 is 1.81 bits per heavy atom. The highest BCUT2D eigenvalue weighted by molar-refractivity contribution is 5.28. The standard InChI is InChI=1S/C18H22N2O/c21-18-9-5-16(6-10-18)15-3-7-17(8-4-15)20-13-14-2-1-11-19-12-14/h1-2,5-6,9-12,15,17,20-21H,3-4,7-8,13H2/t15-,17+. The van der Waals surface area contributed by atoms with E-state index < -0.39 is 0 Å². The molecule has 0 bridgehead atoms. The Morgan fingerprint density at radius 1 is 1.05 bits per heavy atom. The topological polar surface area (TPSA) is 45.1 Å². The zero-order valence-electron chi connectivity index (χ0n) is 12.2. The fourth-order valence-corrected chi connectivity index (χ4v) is 3.14. The van der Waals surface area contributed by atoms with Crippen LogP contribution in [0.15, 0.2) is 48.8 Å². The number of hydrogen-bond donors (Lipinski definition) is 2. The van der Waals surface area contributed by atoms with Gasteiger partial charge in [-0.3, -0.25) is 4.98 Å². The minimum absolute atomic E-state index is 0.352. The van der Waals surface area contributed by atoms with Crippen LogP contribution in [0.4, 0.5) is 0 Å². The van der Waals surface area contributed by atoms with Crippen LogP contribution < -0.4 is 5.32 Å². The van der Waals surface area contributed by atoms with Gasteiger partial charge < -0.3 is 10.4 Å². The highest BCUT2D eigenvalue weighted by Crippen LogP contribution is 2.33. The van der Waals surface area contributed by atoms with Crippen LogP contribution >= 0.6 is 0 Å². The SMILES string of the molecule is Oc1ccc([C@H]2CC[C@@H](NCc3cccnc3)CC2)cc1. The second-order valence-corrected chi connectivity index (χ2v) is 5.88. The van der Waals surface area contributed by atoms with E-state index in [0.29, 0.717) is 17.7 Å². The smallest absolute Gasteiger partial charge is 0.115 e. The molecule has 1 aromatic carbocycles. The minimum Gasteiger partial charge on any atom is -0.508 e. The van der Waals surface area contributed by atoms with Crippen LogP contribution in [-0.2, 0) is 6.54 Å². The molecule has 0 aliphatic heterocycles. The Balaban J connectivity index is 1.48. The molecule has 1 aliphatic carbocycles. The van der Waals surface area contributed by atoms with Crippen LogP contribution in [0.3, 0.4) is 0 Å². The van der Waals surface area contributed by atoms with E-state index in [1.54, 1.807) is 12.1 Å². The summed E-state index contributed by atoms with van der Waals surface area (Å²) >= 11 is 0. The van der Waals surface area contributed by atoms with Crippen molar-refractivity contribution in [2.45, 2.75) is 44.2 Å². The number of nitrogens with zero attached hydrogens (tertiary/aromatic N) is 1. The number of benzene rings is 1. The summed E-state index contributed by atoms with van der Waals surface area (Å²) in [5, 5.41) is 13.0. The second-order valence-electron chi connectivity index (χ2n) is 5.88. The molecule has 2 N–H and O–H groups in total. The number of pyridine rings is 1. The van der Waals surface area contributed by atoms with Crippen molar-refractivity contribution < 1.29 is 5.11 Å². The molecular weight excluding hydrogens is 260 g/mol. The molecule has 21 heavy (non-hydrogen) atoms. The van der Waals surface area contributed by atoms with Crippen LogP contribution in [0.25, 0.3) is 0 Å². The summed E-state index contributed by atoms with van der Waals surface area (Å²) in [6.45, 7) is 0.905. The molecule has 3 nitrogen and oxygen atoms in total. The van der Waals surface area contributed by atoms with Crippen LogP contribution in [0, 0.1) is 0 Å². The molecule has 2 aromatic rings. The average molecular weight is 282 g/mol. The lowest BCUT2D eigenvalue weighted by Gasteiger charge is -2.29. The summed E-state index contributed by atoms with van der Waals surface area (Å²) in [5.41, 5.74) is 2.61. The van der Waals surface area contributed by atoms with Gasteiger partial charge in [-0.05, 0) is 60.9 Å². The summed E-state index contributed by atoms with van der Waals surface area (Å²) in [6.07, 6.45) is 8.60. The predicted molar refractivity (Wildman–Crippen MR) is 84.2 cm³/mol. The molecule has 0 spiro atoms. The first kappa shape index (κ1) is 14.1. The number of nitrogens with one attached hydrogen (secondary N) is 1. The number of phenolic OH excluding ortho intramolecular Hbond substituents is 1. The third kappa shape index (κ3) is 3.82. The Hall–Kier alpha value is -1.87. The third-order valence-electron chi connectivity index (χ3n) is 4.41. The van der Waals surface area contributed by atoms with Crippen molar-refractivity contribution in [3.8, 4) is 5.75 Å². The first-order chi connectivity index (χ1) is 10.3. The van der Waals surface area contributed by atoms with Gasteiger partial charge in [-0.1, -0.05) is 18.2 Å². The van der Waals surface area contributed by atoms with Crippen molar-refractivity contribution >= 4 is 0 Å². The maximum Gasteiger partial charge on any atom is 0.115 e. The molecule has 0 radical (unpaired) electrons. The van der Waals surface area contributed by atoms with E-state index in [9.17, 15) is 5.11 Å². The van der Waals surface area contributed by atoms with Crippen LogP contribution in [0.2, 0.25) is 0 Å². The van der Waals surface area contributed by atoms with Crippen LogP contribution in [0.5, 0.6) is 5.75 Å². The maximum absolute atomic E-state index is 9.36. The zero-order valence-corrected chi connectivity index (χ0v) is 12.2. The van der Waals surface area contributed by atoms with Gasteiger partial charge in [-0.25, -0.2) is 0 Å². The lowest BCUT2D eigenvalue weighted by atomic mass is 9.81. The summed E-state index contributed by atoms with van der Waals surface area (Å²) in [6, 6.07) is 12.4. The van der Waals surface area contributed by atoms with Crippen molar-refractivity contribution in [1.29, 1.82) is 0 Å². The van der Waals surface area contributed by atoms with Crippen molar-refractivity contribution in [1.82, 2.24) is 10.3 Å². The van der Waals surface area contributed by atoms with Crippen molar-refractivity contribution in [2.75, 3.05) is 0 Å². The first-order valence-corrected chi connectivity index (χ1v) is 7.72. The average Bonchev–Trinajstić information content (AvgIpc) is 2.55. The highest BCUT2D eigenvalue weighted by atomic mass is 16.3. The van der Waals surface area contributed by atoms with Crippen LogP contribution in [0.1, 0.15) is 42.7 Å². The van der Waals surface area contributed by atoms with E-state index in [-0.39, 0.29) is 0 Å². The molecule has 1 saturated carbocycles. The summed E-state index contributed by atoms with van der Waals surface area (Å²) in [7, 11) is 0. The van der Waals surface area contributed by atoms with E-state index >= 15 is 0 Å². The number of aromatic hydroxyl groups is 1. The molecule has 3 heteroatoms. The number of rotatable bonds is 4. The molecule has 1 aromatic heterocycles. The lowest BCUT2D eigenvalue weighted by molar-refractivity contribution is 0.341. The van der Waals surface area contributed by atoms with Gasteiger partial charge in [0.2, 0.25) is 0 Å².